The lowest BCUT2D eigenvalue weighted by Gasteiger charge is -2.33. The van der Waals surface area contributed by atoms with E-state index in [9.17, 15) is 13.6 Å². The number of amides is 1. The van der Waals surface area contributed by atoms with E-state index in [0.717, 1.165) is 11.4 Å². The normalized spacial score (nSPS) is 15.5. The quantitative estimate of drug-likeness (QED) is 0.451. The van der Waals surface area contributed by atoms with Crippen molar-refractivity contribution in [1.29, 1.82) is 0 Å². The van der Waals surface area contributed by atoms with E-state index < -0.39 is 6.43 Å². The lowest BCUT2D eigenvalue weighted by molar-refractivity contribution is 0.0583. The SMILES string of the molecule is Cc1cnc(Nc2ccnn2C)nc1-c1cn2c(n1)C(=O)N(Cc1cccc(C(F)F)n1)[C@H](C)C2. The number of nitrogens with one attached hydrogen (secondary N) is 1. The minimum absolute atomic E-state index is 0.119. The Labute approximate surface area is 199 Å². The van der Waals surface area contributed by atoms with Crippen molar-refractivity contribution >= 4 is 17.7 Å². The summed E-state index contributed by atoms with van der Waals surface area (Å²) in [5, 5.41) is 7.24. The summed E-state index contributed by atoms with van der Waals surface area (Å²) >= 11 is 0. The Morgan fingerprint density at radius 3 is 2.77 bits per heavy atom. The molecule has 10 nitrogen and oxygen atoms in total. The van der Waals surface area contributed by atoms with Crippen molar-refractivity contribution in [2.75, 3.05) is 5.32 Å². The first-order valence-corrected chi connectivity index (χ1v) is 11.0. The van der Waals surface area contributed by atoms with Gasteiger partial charge in [-0.15, -0.1) is 0 Å². The molecule has 5 heterocycles. The summed E-state index contributed by atoms with van der Waals surface area (Å²) in [5.74, 6) is 1.08. The van der Waals surface area contributed by atoms with Gasteiger partial charge in [-0.25, -0.2) is 28.7 Å². The van der Waals surface area contributed by atoms with Gasteiger partial charge in [0, 0.05) is 38.1 Å². The van der Waals surface area contributed by atoms with Crippen molar-refractivity contribution in [3.63, 3.8) is 0 Å². The van der Waals surface area contributed by atoms with Crippen molar-refractivity contribution in [2.45, 2.75) is 39.4 Å². The van der Waals surface area contributed by atoms with E-state index in [1.165, 1.54) is 12.1 Å². The maximum Gasteiger partial charge on any atom is 0.290 e. The Kier molecular flexibility index (Phi) is 5.71. The van der Waals surface area contributed by atoms with Crippen LogP contribution < -0.4 is 5.32 Å². The molecule has 1 amide bonds. The van der Waals surface area contributed by atoms with Crippen LogP contribution in [0.4, 0.5) is 20.5 Å². The molecule has 0 saturated heterocycles. The van der Waals surface area contributed by atoms with Gasteiger partial charge in [0.2, 0.25) is 5.95 Å². The molecular weight excluding hydrogens is 456 g/mol. The number of hydrogen-bond donors (Lipinski definition) is 1. The Hall–Kier alpha value is -4.22. The maximum absolute atomic E-state index is 13.3. The number of fused-ring (bicyclic) bond motifs is 1. The molecule has 5 rings (SSSR count). The van der Waals surface area contributed by atoms with Crippen LogP contribution in [0.3, 0.4) is 0 Å². The highest BCUT2D eigenvalue weighted by Crippen LogP contribution is 2.27. The Morgan fingerprint density at radius 1 is 1.20 bits per heavy atom. The van der Waals surface area contributed by atoms with Gasteiger partial charge in [-0.3, -0.25) is 9.48 Å². The molecule has 0 aliphatic carbocycles. The van der Waals surface area contributed by atoms with E-state index in [4.69, 9.17) is 0 Å². The number of halogens is 2. The van der Waals surface area contributed by atoms with E-state index in [1.807, 2.05) is 13.8 Å². The summed E-state index contributed by atoms with van der Waals surface area (Å²) in [5.41, 5.74) is 2.05. The fourth-order valence-electron chi connectivity index (χ4n) is 4.03. The van der Waals surface area contributed by atoms with Crippen molar-refractivity contribution in [3.8, 4) is 11.4 Å². The second-order valence-corrected chi connectivity index (χ2v) is 8.43. The molecule has 1 N–H and O–H groups in total. The molecule has 0 fully saturated rings. The molecule has 0 radical (unpaired) electrons. The zero-order valence-corrected chi connectivity index (χ0v) is 19.4. The zero-order valence-electron chi connectivity index (χ0n) is 19.4. The lowest BCUT2D eigenvalue weighted by atomic mass is 10.2. The summed E-state index contributed by atoms with van der Waals surface area (Å²) in [7, 11) is 1.80. The average Bonchev–Trinajstić information content (AvgIpc) is 3.44. The van der Waals surface area contributed by atoms with Crippen LogP contribution in [-0.2, 0) is 20.1 Å². The van der Waals surface area contributed by atoms with Crippen molar-refractivity contribution < 1.29 is 13.6 Å². The molecule has 1 aliphatic rings. The van der Waals surface area contributed by atoms with Gasteiger partial charge in [-0.05, 0) is 31.5 Å². The minimum atomic E-state index is -2.67. The molecule has 4 aromatic heterocycles. The fraction of sp³-hybridized carbons (Fsp3) is 0.304. The topological polar surface area (TPSA) is 107 Å². The van der Waals surface area contributed by atoms with Gasteiger partial charge in [0.25, 0.3) is 12.3 Å². The van der Waals surface area contributed by atoms with Crippen LogP contribution in [-0.4, -0.2) is 51.1 Å². The molecule has 180 valence electrons. The van der Waals surface area contributed by atoms with E-state index in [2.05, 4.69) is 30.4 Å². The van der Waals surface area contributed by atoms with Crippen LogP contribution >= 0.6 is 0 Å². The molecular formula is C23H23F2N9O. The van der Waals surface area contributed by atoms with Gasteiger partial charge in [0.05, 0.1) is 24.1 Å². The average molecular weight is 479 g/mol. The highest BCUT2D eigenvalue weighted by atomic mass is 19.3. The highest BCUT2D eigenvalue weighted by molar-refractivity contribution is 5.92. The number of carbonyl (C=O) groups excluding carboxylic acids is 1. The van der Waals surface area contributed by atoms with Crippen molar-refractivity contribution in [3.05, 3.63) is 65.6 Å². The number of imidazole rings is 1. The van der Waals surface area contributed by atoms with E-state index >= 15 is 0 Å². The standard InChI is InChI=1S/C23H23F2N9O/c1-13-9-26-23(30-18-7-8-27-32(18)3)31-19(13)17-12-33-10-14(2)34(22(35)21(33)29-17)11-15-5-4-6-16(28-15)20(24)25/h4-9,12,14,20H,10-11H2,1-3H3,(H,26,30,31)/t14-/m1/s1. The maximum atomic E-state index is 13.3. The van der Waals surface area contributed by atoms with Crippen LogP contribution in [0.5, 0.6) is 0 Å². The molecule has 1 aliphatic heterocycles. The Bertz CT molecular complexity index is 1400. The summed E-state index contributed by atoms with van der Waals surface area (Å²) < 4.78 is 29.6. The third-order valence-electron chi connectivity index (χ3n) is 5.88. The number of carbonyl (C=O) groups is 1. The highest BCUT2D eigenvalue weighted by Gasteiger charge is 2.33. The monoisotopic (exact) mass is 479 g/mol. The summed E-state index contributed by atoms with van der Waals surface area (Å²) in [6, 6.07) is 6.06. The summed E-state index contributed by atoms with van der Waals surface area (Å²) in [6.07, 6.45) is 2.50. The number of aromatic nitrogens is 7. The molecule has 4 aromatic rings. The number of pyridine rings is 1. The summed E-state index contributed by atoms with van der Waals surface area (Å²) in [6.45, 7) is 4.41. The smallest absolute Gasteiger partial charge is 0.290 e. The van der Waals surface area contributed by atoms with E-state index in [1.54, 1.807) is 51.9 Å². The van der Waals surface area contributed by atoms with Crippen LogP contribution in [0.1, 0.15) is 40.9 Å². The minimum Gasteiger partial charge on any atom is -0.326 e. The zero-order chi connectivity index (χ0) is 24.7. The molecule has 0 aromatic carbocycles. The largest absolute Gasteiger partial charge is 0.326 e. The lowest BCUT2D eigenvalue weighted by Crippen LogP contribution is -2.46. The molecule has 0 saturated carbocycles. The molecule has 1 atom stereocenters. The Balaban J connectivity index is 1.42. The van der Waals surface area contributed by atoms with Gasteiger partial charge in [-0.2, -0.15) is 5.10 Å². The number of aryl methyl sites for hydroxylation is 2. The number of hydrogen-bond acceptors (Lipinski definition) is 7. The van der Waals surface area contributed by atoms with Crippen LogP contribution in [0, 0.1) is 6.92 Å². The fourth-order valence-corrected chi connectivity index (χ4v) is 4.03. The van der Waals surface area contributed by atoms with Gasteiger partial charge >= 0.3 is 0 Å². The van der Waals surface area contributed by atoms with Gasteiger partial charge in [0.15, 0.2) is 5.82 Å². The van der Waals surface area contributed by atoms with E-state index in [0.29, 0.717) is 29.6 Å². The van der Waals surface area contributed by atoms with Crippen LogP contribution in [0.25, 0.3) is 11.4 Å². The number of rotatable bonds is 6. The van der Waals surface area contributed by atoms with E-state index in [-0.39, 0.29) is 30.0 Å². The summed E-state index contributed by atoms with van der Waals surface area (Å²) in [4.78, 5) is 32.4. The molecule has 0 unspecified atom stereocenters. The second-order valence-electron chi connectivity index (χ2n) is 8.43. The van der Waals surface area contributed by atoms with Gasteiger partial charge < -0.3 is 14.8 Å². The third-order valence-corrected chi connectivity index (χ3v) is 5.88. The number of alkyl halides is 2. The van der Waals surface area contributed by atoms with Crippen LogP contribution in [0.15, 0.2) is 42.9 Å². The van der Waals surface area contributed by atoms with Gasteiger partial charge in [-0.1, -0.05) is 6.07 Å². The first-order valence-electron chi connectivity index (χ1n) is 11.0. The molecule has 0 bridgehead atoms. The van der Waals surface area contributed by atoms with Crippen molar-refractivity contribution in [1.82, 2.24) is 39.2 Å². The second kappa shape index (κ2) is 8.85. The first kappa shape index (κ1) is 22.6. The predicted molar refractivity (Wildman–Crippen MR) is 123 cm³/mol. The van der Waals surface area contributed by atoms with Crippen LogP contribution in [0.2, 0.25) is 0 Å². The Morgan fingerprint density at radius 2 is 2.03 bits per heavy atom. The third kappa shape index (κ3) is 4.34. The number of nitrogens with zero attached hydrogens (tertiary/aromatic N) is 8. The molecule has 35 heavy (non-hydrogen) atoms. The molecule has 12 heteroatoms. The first-order chi connectivity index (χ1) is 16.8. The van der Waals surface area contributed by atoms with Crippen molar-refractivity contribution in [2.24, 2.45) is 7.05 Å². The van der Waals surface area contributed by atoms with Gasteiger partial charge in [0.1, 0.15) is 17.2 Å². The predicted octanol–water partition coefficient (Wildman–Crippen LogP) is 3.50. The number of anilines is 2. The molecule has 0 spiro atoms.